The van der Waals surface area contributed by atoms with Gasteiger partial charge >= 0.3 is 0 Å². The average Bonchev–Trinajstić information content (AvgIpc) is 3.04. The van der Waals surface area contributed by atoms with Crippen molar-refractivity contribution in [2.24, 2.45) is 16.7 Å². The normalized spacial score (nSPS) is 39.0. The first-order valence-electron chi connectivity index (χ1n) is 8.27. The van der Waals surface area contributed by atoms with Gasteiger partial charge in [0.15, 0.2) is 5.60 Å². The highest BCUT2D eigenvalue weighted by molar-refractivity contribution is 5.89. The van der Waals surface area contributed by atoms with E-state index in [9.17, 15) is 14.9 Å². The van der Waals surface area contributed by atoms with Crippen LogP contribution in [0.1, 0.15) is 33.1 Å². The van der Waals surface area contributed by atoms with E-state index in [1.54, 1.807) is 12.1 Å². The van der Waals surface area contributed by atoms with Crippen LogP contribution < -0.4 is 10.9 Å². The second-order valence-electron chi connectivity index (χ2n) is 7.69. The highest BCUT2D eigenvalue weighted by Crippen LogP contribution is 2.74. The van der Waals surface area contributed by atoms with E-state index in [-0.39, 0.29) is 22.4 Å². The van der Waals surface area contributed by atoms with Crippen LogP contribution in [-0.4, -0.2) is 23.0 Å². The van der Waals surface area contributed by atoms with Crippen LogP contribution >= 0.6 is 0 Å². The maximum atomic E-state index is 12.9. The Morgan fingerprint density at radius 2 is 2.04 bits per heavy atom. The first-order chi connectivity index (χ1) is 11.3. The number of hydrogen-bond acceptors (Lipinski definition) is 5. The molecule has 0 spiro atoms. The van der Waals surface area contributed by atoms with E-state index >= 15 is 0 Å². The minimum Gasteiger partial charge on any atom is -0.364 e. The van der Waals surface area contributed by atoms with Crippen molar-refractivity contribution >= 4 is 17.3 Å². The molecule has 7 heteroatoms. The van der Waals surface area contributed by atoms with Gasteiger partial charge in [-0.2, -0.15) is 0 Å². The van der Waals surface area contributed by atoms with E-state index in [1.807, 2.05) is 0 Å². The number of carbonyl (C=O) groups is 1. The molecule has 3 aliphatic rings. The van der Waals surface area contributed by atoms with E-state index in [2.05, 4.69) is 24.7 Å². The fraction of sp³-hybridized carbons (Fsp3) is 0.588. The fourth-order valence-corrected chi connectivity index (χ4v) is 5.15. The van der Waals surface area contributed by atoms with E-state index in [4.69, 9.17) is 4.74 Å². The van der Waals surface area contributed by atoms with Crippen LogP contribution in [0.4, 0.5) is 11.4 Å². The molecule has 1 aliphatic heterocycles. The van der Waals surface area contributed by atoms with Crippen molar-refractivity contribution in [3.63, 3.8) is 0 Å². The largest absolute Gasteiger partial charge is 0.364 e. The number of nitrogens with one attached hydrogen (secondary N) is 2. The summed E-state index contributed by atoms with van der Waals surface area (Å²) in [4.78, 5) is 23.1. The lowest BCUT2D eigenvalue weighted by Crippen LogP contribution is -2.56. The van der Waals surface area contributed by atoms with Crippen molar-refractivity contribution < 1.29 is 14.5 Å². The lowest BCUT2D eigenvalue weighted by molar-refractivity contribution is -0.384. The first-order valence-corrected chi connectivity index (χ1v) is 8.27. The second kappa shape index (κ2) is 4.69. The Morgan fingerprint density at radius 3 is 2.62 bits per heavy atom. The van der Waals surface area contributed by atoms with Gasteiger partial charge < -0.3 is 4.74 Å². The number of benzene rings is 1. The summed E-state index contributed by atoms with van der Waals surface area (Å²) in [5, 5.41) is 10.7. The Labute approximate surface area is 139 Å². The van der Waals surface area contributed by atoms with Crippen molar-refractivity contribution in [1.82, 2.24) is 5.43 Å². The maximum Gasteiger partial charge on any atom is 0.271 e. The number of ether oxygens (including phenoxy) is 1. The predicted octanol–water partition coefficient (Wildman–Crippen LogP) is 2.63. The van der Waals surface area contributed by atoms with Gasteiger partial charge in [0.05, 0.1) is 17.2 Å². The summed E-state index contributed by atoms with van der Waals surface area (Å²) in [7, 11) is 0. The third kappa shape index (κ3) is 1.68. The molecule has 1 saturated heterocycles. The van der Waals surface area contributed by atoms with Crippen LogP contribution in [0, 0.1) is 26.9 Å². The standard InChI is InChI=1S/C17H21N3O4/c1-15-10-24-17(9-11(15)7-8-16(15,17)2)14(21)19-18-12-3-5-13(6-4-12)20(22)23/h3-6,11,18H,7-10H2,1-2H3,(H,19,21)/t11-,15+,16-,17+/m1/s1. The van der Waals surface area contributed by atoms with Gasteiger partial charge in [0.2, 0.25) is 0 Å². The molecule has 24 heavy (non-hydrogen) atoms. The first kappa shape index (κ1) is 15.4. The van der Waals surface area contributed by atoms with E-state index in [1.165, 1.54) is 18.6 Å². The molecule has 2 aliphatic carbocycles. The SMILES string of the molecule is C[C@]12CC[C@@H]3C[C@@]1(C(=O)NNc1ccc([N+](=O)[O-])cc1)OC[C@@]32C. The number of nitro groups is 1. The van der Waals surface area contributed by atoms with Crippen LogP contribution in [0.5, 0.6) is 0 Å². The number of rotatable bonds is 4. The topological polar surface area (TPSA) is 93.5 Å². The Hall–Kier alpha value is -2.15. The van der Waals surface area contributed by atoms with Gasteiger partial charge in [0.1, 0.15) is 0 Å². The molecule has 1 amide bonds. The Balaban J connectivity index is 1.49. The van der Waals surface area contributed by atoms with Crippen molar-refractivity contribution in [3.05, 3.63) is 34.4 Å². The molecule has 128 valence electrons. The van der Waals surface area contributed by atoms with Crippen LogP contribution in [0.2, 0.25) is 0 Å². The molecule has 2 saturated carbocycles. The third-order valence-electron chi connectivity index (χ3n) is 6.96. The predicted molar refractivity (Wildman–Crippen MR) is 87.1 cm³/mol. The maximum absolute atomic E-state index is 12.9. The van der Waals surface area contributed by atoms with Crippen molar-refractivity contribution in [3.8, 4) is 0 Å². The van der Waals surface area contributed by atoms with Gasteiger partial charge in [-0.05, 0) is 37.3 Å². The van der Waals surface area contributed by atoms with Crippen LogP contribution in [-0.2, 0) is 9.53 Å². The summed E-state index contributed by atoms with van der Waals surface area (Å²) >= 11 is 0. The number of anilines is 1. The summed E-state index contributed by atoms with van der Waals surface area (Å²) in [6, 6.07) is 5.93. The van der Waals surface area contributed by atoms with Crippen LogP contribution in [0.25, 0.3) is 0 Å². The summed E-state index contributed by atoms with van der Waals surface area (Å²) in [5.41, 5.74) is 5.40. The number of amides is 1. The fourth-order valence-electron chi connectivity index (χ4n) is 5.15. The van der Waals surface area contributed by atoms with Gasteiger partial charge in [-0.3, -0.25) is 25.8 Å². The molecule has 4 rings (SSSR count). The van der Waals surface area contributed by atoms with Gasteiger partial charge in [-0.1, -0.05) is 13.8 Å². The summed E-state index contributed by atoms with van der Waals surface area (Å²) in [6.07, 6.45) is 2.95. The van der Waals surface area contributed by atoms with Crippen LogP contribution in [0.15, 0.2) is 24.3 Å². The Morgan fingerprint density at radius 1 is 1.33 bits per heavy atom. The molecule has 7 nitrogen and oxygen atoms in total. The number of nitrogens with zero attached hydrogens (tertiary/aromatic N) is 1. The highest BCUT2D eigenvalue weighted by atomic mass is 16.6. The monoisotopic (exact) mass is 331 g/mol. The third-order valence-corrected chi connectivity index (χ3v) is 6.96. The van der Waals surface area contributed by atoms with Gasteiger partial charge in [-0.25, -0.2) is 0 Å². The zero-order valence-corrected chi connectivity index (χ0v) is 13.8. The molecule has 4 atom stereocenters. The number of carbonyl (C=O) groups excluding carboxylic acids is 1. The molecule has 1 heterocycles. The molecular formula is C17H21N3O4. The molecule has 1 aromatic carbocycles. The van der Waals surface area contributed by atoms with Crippen molar-refractivity contribution in [1.29, 1.82) is 0 Å². The summed E-state index contributed by atoms with van der Waals surface area (Å²) in [5.74, 6) is 0.399. The quantitative estimate of drug-likeness (QED) is 0.653. The highest BCUT2D eigenvalue weighted by Gasteiger charge is 2.78. The lowest BCUT2D eigenvalue weighted by atomic mass is 9.66. The summed E-state index contributed by atoms with van der Waals surface area (Å²) in [6.45, 7) is 5.06. The smallest absolute Gasteiger partial charge is 0.271 e. The molecule has 1 aromatic rings. The number of non-ortho nitro benzene ring substituents is 1. The summed E-state index contributed by atoms with van der Waals surface area (Å²) < 4.78 is 6.04. The van der Waals surface area contributed by atoms with Crippen molar-refractivity contribution in [2.75, 3.05) is 12.0 Å². The molecule has 2 N–H and O–H groups in total. The number of hydrogen-bond donors (Lipinski definition) is 2. The van der Waals surface area contributed by atoms with E-state index in [0.717, 1.165) is 12.8 Å². The van der Waals surface area contributed by atoms with Crippen LogP contribution in [0.3, 0.4) is 0 Å². The van der Waals surface area contributed by atoms with Gasteiger partial charge in [0.25, 0.3) is 11.6 Å². The van der Waals surface area contributed by atoms with Gasteiger partial charge in [-0.15, -0.1) is 0 Å². The minimum atomic E-state index is -0.765. The Kier molecular flexibility index (Phi) is 3.01. The number of hydrazine groups is 1. The molecule has 3 fully saturated rings. The minimum absolute atomic E-state index is 0.0148. The lowest BCUT2D eigenvalue weighted by Gasteiger charge is -2.39. The zero-order valence-electron chi connectivity index (χ0n) is 13.8. The number of nitro benzene ring substituents is 1. The molecule has 0 unspecified atom stereocenters. The van der Waals surface area contributed by atoms with E-state index in [0.29, 0.717) is 18.2 Å². The zero-order chi connectivity index (χ0) is 17.2. The second-order valence-corrected chi connectivity index (χ2v) is 7.69. The van der Waals surface area contributed by atoms with Crippen molar-refractivity contribution in [2.45, 2.75) is 38.7 Å². The Bertz CT molecular complexity index is 721. The molecule has 0 aromatic heterocycles. The van der Waals surface area contributed by atoms with Gasteiger partial charge in [0, 0.05) is 23.0 Å². The van der Waals surface area contributed by atoms with E-state index < -0.39 is 10.5 Å². The molecular weight excluding hydrogens is 310 g/mol. The molecule has 0 radical (unpaired) electrons. The molecule has 4 bridgehead atoms. The average molecular weight is 331 g/mol.